The lowest BCUT2D eigenvalue weighted by Crippen LogP contribution is -2.03. The van der Waals surface area contributed by atoms with Crippen LogP contribution in [0.4, 0.5) is 5.69 Å². The Kier molecular flexibility index (Phi) is 3.53. The molecule has 0 aromatic heterocycles. The van der Waals surface area contributed by atoms with E-state index >= 15 is 0 Å². The third-order valence-electron chi connectivity index (χ3n) is 4.73. The highest BCUT2D eigenvalue weighted by molar-refractivity contribution is 6.02. The Morgan fingerprint density at radius 2 is 1.85 bits per heavy atom. The smallest absolute Gasteiger partial charge is 0.231 e. The predicted octanol–water partition coefficient (Wildman–Crippen LogP) is 4.44. The number of benzene rings is 3. The largest absolute Gasteiger partial charge is 0.456 e. The van der Waals surface area contributed by atoms with Gasteiger partial charge in [0.05, 0.1) is 5.36 Å². The van der Waals surface area contributed by atoms with Gasteiger partial charge in [0.25, 0.3) is 0 Å². The standard InChI is InChI=1S/C22H18N2O3/c1-2-24-15-5-7-17-20(11-15)27-19-10-14(23)4-6-16(19)22(17)13-3-8-18-21(9-13)26-12-25-18/h3-11H,2,12,23H2,1H3. The van der Waals surface area contributed by atoms with Crippen LogP contribution in [0, 0.1) is 0 Å². The number of nitrogens with zero attached hydrogens (tertiary/aromatic N) is 1. The highest BCUT2D eigenvalue weighted by Gasteiger charge is 2.20. The average Bonchev–Trinajstić information content (AvgIpc) is 3.14. The van der Waals surface area contributed by atoms with E-state index < -0.39 is 0 Å². The lowest BCUT2D eigenvalue weighted by molar-refractivity contribution is 0.174. The maximum atomic E-state index is 6.17. The summed E-state index contributed by atoms with van der Waals surface area (Å²) in [5.74, 6) is 2.29. The van der Waals surface area contributed by atoms with Crippen LogP contribution in [0.15, 0.2) is 64.0 Å². The Labute approximate surface area is 156 Å². The number of hydrogen-bond donors (Lipinski definition) is 1. The van der Waals surface area contributed by atoms with Gasteiger partial charge in [-0.15, -0.1) is 0 Å². The van der Waals surface area contributed by atoms with Crippen LogP contribution in [0.5, 0.6) is 11.5 Å². The SMILES string of the molecule is CCN=c1ccc2c(-c3ccc4c(c3)OCO4)c3ccc(N)cc3oc-2c1. The van der Waals surface area contributed by atoms with E-state index in [4.69, 9.17) is 19.6 Å². The quantitative estimate of drug-likeness (QED) is 0.425. The van der Waals surface area contributed by atoms with E-state index in [1.54, 1.807) is 0 Å². The van der Waals surface area contributed by atoms with E-state index in [1.165, 1.54) is 0 Å². The Bertz CT molecular complexity index is 1210. The number of fused-ring (bicyclic) bond motifs is 3. The minimum absolute atomic E-state index is 0.253. The molecule has 2 aliphatic heterocycles. The van der Waals surface area contributed by atoms with Crippen molar-refractivity contribution in [2.24, 2.45) is 4.99 Å². The average molecular weight is 358 g/mol. The molecular formula is C22H18N2O3. The summed E-state index contributed by atoms with van der Waals surface area (Å²) in [7, 11) is 0. The molecular weight excluding hydrogens is 340 g/mol. The fraction of sp³-hybridized carbons (Fsp3) is 0.136. The van der Waals surface area contributed by atoms with E-state index in [-0.39, 0.29) is 6.79 Å². The molecule has 27 heavy (non-hydrogen) atoms. The number of ether oxygens (including phenoxy) is 2. The summed E-state index contributed by atoms with van der Waals surface area (Å²) in [6.45, 7) is 2.99. The van der Waals surface area contributed by atoms with Crippen LogP contribution in [0.25, 0.3) is 33.4 Å². The molecule has 0 amide bonds. The van der Waals surface area contributed by atoms with Crippen LogP contribution < -0.4 is 20.6 Å². The summed E-state index contributed by atoms with van der Waals surface area (Å²) in [5.41, 5.74) is 10.5. The van der Waals surface area contributed by atoms with Crippen molar-refractivity contribution >= 4 is 16.7 Å². The molecule has 2 heterocycles. The molecule has 2 N–H and O–H groups in total. The van der Waals surface area contributed by atoms with Gasteiger partial charge < -0.3 is 19.6 Å². The first-order chi connectivity index (χ1) is 13.2. The molecule has 0 radical (unpaired) electrons. The summed E-state index contributed by atoms with van der Waals surface area (Å²) in [4.78, 5) is 4.48. The van der Waals surface area contributed by atoms with Crippen LogP contribution in [0.1, 0.15) is 6.92 Å². The second kappa shape index (κ2) is 6.06. The molecule has 0 unspecified atom stereocenters. The van der Waals surface area contributed by atoms with Gasteiger partial charge in [-0.1, -0.05) is 6.07 Å². The van der Waals surface area contributed by atoms with E-state index in [0.29, 0.717) is 5.69 Å². The lowest BCUT2D eigenvalue weighted by atomic mass is 9.93. The molecule has 3 aliphatic rings. The van der Waals surface area contributed by atoms with E-state index in [9.17, 15) is 0 Å². The molecule has 5 heteroatoms. The van der Waals surface area contributed by atoms with Crippen molar-refractivity contribution < 1.29 is 13.9 Å². The number of nitrogens with two attached hydrogens (primary N) is 1. The van der Waals surface area contributed by atoms with Crippen LogP contribution in [0.2, 0.25) is 0 Å². The van der Waals surface area contributed by atoms with Crippen LogP contribution in [-0.4, -0.2) is 13.3 Å². The van der Waals surface area contributed by atoms with Crippen molar-refractivity contribution in [3.8, 4) is 33.9 Å². The van der Waals surface area contributed by atoms with Gasteiger partial charge in [-0.2, -0.15) is 0 Å². The summed E-state index contributed by atoms with van der Waals surface area (Å²) in [6, 6.07) is 17.8. The second-order valence-corrected chi connectivity index (χ2v) is 6.46. The molecule has 5 rings (SSSR count). The first kappa shape index (κ1) is 15.8. The van der Waals surface area contributed by atoms with Crippen molar-refractivity contribution in [2.75, 3.05) is 19.1 Å². The third kappa shape index (κ3) is 2.59. The molecule has 2 aromatic carbocycles. The third-order valence-corrected chi connectivity index (χ3v) is 4.73. The highest BCUT2D eigenvalue weighted by Crippen LogP contribution is 2.43. The molecule has 0 spiro atoms. The van der Waals surface area contributed by atoms with Gasteiger partial charge in [0.2, 0.25) is 6.79 Å². The zero-order valence-corrected chi connectivity index (χ0v) is 14.9. The second-order valence-electron chi connectivity index (χ2n) is 6.46. The predicted molar refractivity (Wildman–Crippen MR) is 105 cm³/mol. The first-order valence-corrected chi connectivity index (χ1v) is 8.89. The lowest BCUT2D eigenvalue weighted by Gasteiger charge is -2.16. The van der Waals surface area contributed by atoms with Crippen molar-refractivity contribution in [2.45, 2.75) is 6.92 Å². The first-order valence-electron chi connectivity index (χ1n) is 8.89. The topological polar surface area (TPSA) is 70.0 Å². The van der Waals surface area contributed by atoms with Crippen LogP contribution in [0.3, 0.4) is 0 Å². The van der Waals surface area contributed by atoms with Gasteiger partial charge in [0.15, 0.2) is 11.5 Å². The zero-order chi connectivity index (χ0) is 18.4. The number of anilines is 1. The van der Waals surface area contributed by atoms with Crippen molar-refractivity contribution in [1.82, 2.24) is 0 Å². The summed E-state index contributed by atoms with van der Waals surface area (Å²) in [5, 5.41) is 1.89. The van der Waals surface area contributed by atoms with Crippen molar-refractivity contribution in [3.05, 3.63) is 60.0 Å². The molecule has 2 aromatic rings. The molecule has 134 valence electrons. The highest BCUT2D eigenvalue weighted by atomic mass is 16.7. The van der Waals surface area contributed by atoms with Crippen molar-refractivity contribution in [3.63, 3.8) is 0 Å². The Morgan fingerprint density at radius 1 is 0.963 bits per heavy atom. The van der Waals surface area contributed by atoms with Gasteiger partial charge >= 0.3 is 0 Å². The maximum absolute atomic E-state index is 6.17. The summed E-state index contributed by atoms with van der Waals surface area (Å²) in [6.07, 6.45) is 0. The van der Waals surface area contributed by atoms with E-state index in [0.717, 1.165) is 56.8 Å². The minimum atomic E-state index is 0.253. The monoisotopic (exact) mass is 358 g/mol. The molecule has 0 atom stereocenters. The minimum Gasteiger partial charge on any atom is -0.456 e. The Morgan fingerprint density at radius 3 is 2.74 bits per heavy atom. The van der Waals surface area contributed by atoms with E-state index in [2.05, 4.69) is 11.1 Å². The molecule has 0 bridgehead atoms. The van der Waals surface area contributed by atoms with Gasteiger partial charge in [0, 0.05) is 40.9 Å². The number of rotatable bonds is 2. The maximum Gasteiger partial charge on any atom is 0.231 e. The molecule has 0 saturated carbocycles. The Balaban J connectivity index is 1.86. The zero-order valence-electron chi connectivity index (χ0n) is 14.9. The van der Waals surface area contributed by atoms with Gasteiger partial charge in [-0.25, -0.2) is 0 Å². The van der Waals surface area contributed by atoms with Crippen LogP contribution in [-0.2, 0) is 0 Å². The van der Waals surface area contributed by atoms with Gasteiger partial charge in [-0.3, -0.25) is 4.99 Å². The molecule has 0 saturated heterocycles. The van der Waals surface area contributed by atoms with Crippen LogP contribution >= 0.6 is 0 Å². The summed E-state index contributed by atoms with van der Waals surface area (Å²) < 4.78 is 17.2. The van der Waals surface area contributed by atoms with Gasteiger partial charge in [-0.05, 0) is 48.9 Å². The fourth-order valence-electron chi connectivity index (χ4n) is 3.54. The molecule has 5 nitrogen and oxygen atoms in total. The van der Waals surface area contributed by atoms with Gasteiger partial charge in [0.1, 0.15) is 11.3 Å². The summed E-state index contributed by atoms with van der Waals surface area (Å²) >= 11 is 0. The number of hydrogen-bond acceptors (Lipinski definition) is 5. The molecule has 1 aliphatic carbocycles. The normalized spacial score (nSPS) is 13.6. The van der Waals surface area contributed by atoms with Crippen molar-refractivity contribution in [1.29, 1.82) is 0 Å². The Hall–Kier alpha value is -3.47. The molecule has 0 fully saturated rings. The van der Waals surface area contributed by atoms with E-state index in [1.807, 2.05) is 55.5 Å². The number of nitrogen functional groups attached to an aromatic ring is 1. The fourth-order valence-corrected chi connectivity index (χ4v) is 3.54.